The summed E-state index contributed by atoms with van der Waals surface area (Å²) in [7, 11) is 0. The lowest BCUT2D eigenvalue weighted by Gasteiger charge is -2.09. The molecule has 0 atom stereocenters. The number of anilines is 1. The van der Waals surface area contributed by atoms with Gasteiger partial charge in [0, 0.05) is 22.0 Å². The lowest BCUT2D eigenvalue weighted by molar-refractivity contribution is 0.627. The number of benzene rings is 1. The highest BCUT2D eigenvalue weighted by Gasteiger charge is 2.01. The van der Waals surface area contributed by atoms with Crippen LogP contribution in [0.4, 0.5) is 5.69 Å². The zero-order valence-electron chi connectivity index (χ0n) is 10.1. The molecule has 0 aliphatic heterocycles. The maximum atomic E-state index is 4.25. The van der Waals surface area contributed by atoms with Crippen molar-refractivity contribution in [2.24, 2.45) is 0 Å². The fourth-order valence-electron chi connectivity index (χ4n) is 1.69. The van der Waals surface area contributed by atoms with Crippen molar-refractivity contribution in [2.75, 3.05) is 5.32 Å². The Labute approximate surface area is 115 Å². The second kappa shape index (κ2) is 5.53. The molecule has 0 saturated heterocycles. The molecule has 1 aromatic carbocycles. The predicted octanol–water partition coefficient (Wildman–Crippen LogP) is 3.43. The van der Waals surface area contributed by atoms with Gasteiger partial charge in [-0.1, -0.05) is 6.07 Å². The second-order valence-electron chi connectivity index (χ2n) is 3.96. The van der Waals surface area contributed by atoms with E-state index in [2.05, 4.69) is 71.1 Å². The van der Waals surface area contributed by atoms with Crippen LogP contribution in [0.5, 0.6) is 0 Å². The molecule has 4 heteroatoms. The van der Waals surface area contributed by atoms with Crippen LogP contribution >= 0.6 is 22.6 Å². The zero-order valence-corrected chi connectivity index (χ0v) is 12.2. The van der Waals surface area contributed by atoms with Crippen LogP contribution in [0, 0.1) is 10.5 Å². The molecule has 2 rings (SSSR count). The molecule has 0 fully saturated rings. The number of halogens is 1. The molecule has 0 radical (unpaired) electrons. The standard InChI is InChI=1S/C13H16IN3/c1-3-17-12(6-7-16-17)9-15-11-5-4-10(2)13(14)8-11/h4-8,15H,3,9H2,1-2H3. The van der Waals surface area contributed by atoms with Crippen LogP contribution in [0.2, 0.25) is 0 Å². The number of hydrogen-bond donors (Lipinski definition) is 1. The van der Waals surface area contributed by atoms with Gasteiger partial charge in [-0.05, 0) is 60.2 Å². The van der Waals surface area contributed by atoms with E-state index in [1.807, 2.05) is 10.9 Å². The monoisotopic (exact) mass is 341 g/mol. The van der Waals surface area contributed by atoms with Crippen molar-refractivity contribution in [3.05, 3.63) is 45.3 Å². The van der Waals surface area contributed by atoms with E-state index in [0.29, 0.717) is 0 Å². The fourth-order valence-corrected chi connectivity index (χ4v) is 2.21. The lowest BCUT2D eigenvalue weighted by atomic mass is 10.2. The Morgan fingerprint density at radius 3 is 2.88 bits per heavy atom. The van der Waals surface area contributed by atoms with Crippen molar-refractivity contribution >= 4 is 28.3 Å². The molecule has 0 unspecified atom stereocenters. The number of aryl methyl sites for hydroxylation is 2. The van der Waals surface area contributed by atoms with Gasteiger partial charge >= 0.3 is 0 Å². The summed E-state index contributed by atoms with van der Waals surface area (Å²) in [6.45, 7) is 5.95. The molecule has 0 spiro atoms. The highest BCUT2D eigenvalue weighted by molar-refractivity contribution is 14.1. The van der Waals surface area contributed by atoms with Gasteiger partial charge in [-0.25, -0.2) is 0 Å². The van der Waals surface area contributed by atoms with Crippen LogP contribution in [0.15, 0.2) is 30.5 Å². The van der Waals surface area contributed by atoms with Gasteiger partial charge in [-0.3, -0.25) is 4.68 Å². The Bertz CT molecular complexity index is 505. The van der Waals surface area contributed by atoms with Crippen LogP contribution in [-0.4, -0.2) is 9.78 Å². The third kappa shape index (κ3) is 3.00. The first-order valence-electron chi connectivity index (χ1n) is 5.71. The van der Waals surface area contributed by atoms with Crippen molar-refractivity contribution in [1.82, 2.24) is 9.78 Å². The minimum Gasteiger partial charge on any atom is -0.379 e. The number of rotatable bonds is 4. The molecule has 2 aromatic rings. The van der Waals surface area contributed by atoms with Crippen molar-refractivity contribution in [1.29, 1.82) is 0 Å². The normalized spacial score (nSPS) is 10.5. The maximum absolute atomic E-state index is 4.25. The molecule has 0 aliphatic rings. The quantitative estimate of drug-likeness (QED) is 0.864. The summed E-state index contributed by atoms with van der Waals surface area (Å²) < 4.78 is 3.29. The highest BCUT2D eigenvalue weighted by atomic mass is 127. The Morgan fingerprint density at radius 1 is 1.35 bits per heavy atom. The van der Waals surface area contributed by atoms with Gasteiger partial charge in [0.2, 0.25) is 0 Å². The summed E-state index contributed by atoms with van der Waals surface area (Å²) >= 11 is 2.36. The third-order valence-electron chi connectivity index (χ3n) is 2.75. The van der Waals surface area contributed by atoms with Gasteiger partial charge in [0.05, 0.1) is 12.2 Å². The Balaban J connectivity index is 2.05. The summed E-state index contributed by atoms with van der Waals surface area (Å²) in [5.74, 6) is 0. The van der Waals surface area contributed by atoms with Crippen molar-refractivity contribution in [3.63, 3.8) is 0 Å². The Hall–Kier alpha value is -1.04. The fraction of sp³-hybridized carbons (Fsp3) is 0.308. The van der Waals surface area contributed by atoms with E-state index in [4.69, 9.17) is 0 Å². The van der Waals surface area contributed by atoms with E-state index in [9.17, 15) is 0 Å². The highest BCUT2D eigenvalue weighted by Crippen LogP contribution is 2.17. The lowest BCUT2D eigenvalue weighted by Crippen LogP contribution is -2.07. The van der Waals surface area contributed by atoms with Crippen LogP contribution in [-0.2, 0) is 13.1 Å². The summed E-state index contributed by atoms with van der Waals surface area (Å²) in [6, 6.07) is 8.48. The molecule has 3 nitrogen and oxygen atoms in total. The average molecular weight is 341 g/mol. The number of aromatic nitrogens is 2. The van der Waals surface area contributed by atoms with Gasteiger partial charge in [-0.2, -0.15) is 5.10 Å². The van der Waals surface area contributed by atoms with Crippen LogP contribution in [0.25, 0.3) is 0 Å². The van der Waals surface area contributed by atoms with Crippen LogP contribution < -0.4 is 5.32 Å². The van der Waals surface area contributed by atoms with Crippen LogP contribution in [0.1, 0.15) is 18.2 Å². The molecule has 1 N–H and O–H groups in total. The molecule has 17 heavy (non-hydrogen) atoms. The van der Waals surface area contributed by atoms with Gasteiger partial charge < -0.3 is 5.32 Å². The molecular formula is C13H16IN3. The van der Waals surface area contributed by atoms with E-state index in [1.165, 1.54) is 14.8 Å². The molecule has 0 amide bonds. The molecule has 90 valence electrons. The summed E-state index contributed by atoms with van der Waals surface area (Å²) in [4.78, 5) is 0. The summed E-state index contributed by atoms with van der Waals surface area (Å²) in [6.07, 6.45) is 1.85. The maximum Gasteiger partial charge on any atom is 0.0575 e. The van der Waals surface area contributed by atoms with Crippen LogP contribution in [0.3, 0.4) is 0 Å². The molecule has 1 heterocycles. The van der Waals surface area contributed by atoms with Gasteiger partial charge in [0.25, 0.3) is 0 Å². The molecule has 0 saturated carbocycles. The number of nitrogens with zero attached hydrogens (tertiary/aromatic N) is 2. The molecular weight excluding hydrogens is 325 g/mol. The number of hydrogen-bond acceptors (Lipinski definition) is 2. The van der Waals surface area contributed by atoms with Crippen molar-refractivity contribution < 1.29 is 0 Å². The van der Waals surface area contributed by atoms with E-state index in [1.54, 1.807) is 0 Å². The Kier molecular flexibility index (Phi) is 4.04. The van der Waals surface area contributed by atoms with Crippen molar-refractivity contribution in [3.8, 4) is 0 Å². The first kappa shape index (κ1) is 12.4. The molecule has 0 bridgehead atoms. The van der Waals surface area contributed by atoms with Gasteiger partial charge in [0.1, 0.15) is 0 Å². The van der Waals surface area contributed by atoms with Gasteiger partial charge in [-0.15, -0.1) is 0 Å². The van der Waals surface area contributed by atoms with Crippen molar-refractivity contribution in [2.45, 2.75) is 26.9 Å². The summed E-state index contributed by atoms with van der Waals surface area (Å²) in [5.41, 5.74) is 3.68. The SMILES string of the molecule is CCn1nccc1CNc1ccc(C)c(I)c1. The summed E-state index contributed by atoms with van der Waals surface area (Å²) in [5, 5.41) is 7.68. The zero-order chi connectivity index (χ0) is 12.3. The van der Waals surface area contributed by atoms with E-state index >= 15 is 0 Å². The average Bonchev–Trinajstić information content (AvgIpc) is 2.78. The minimum atomic E-state index is 0.812. The van der Waals surface area contributed by atoms with E-state index < -0.39 is 0 Å². The van der Waals surface area contributed by atoms with E-state index in [-0.39, 0.29) is 0 Å². The van der Waals surface area contributed by atoms with E-state index in [0.717, 1.165) is 18.8 Å². The minimum absolute atomic E-state index is 0.812. The number of nitrogens with one attached hydrogen (secondary N) is 1. The van der Waals surface area contributed by atoms with Gasteiger partial charge in [0.15, 0.2) is 0 Å². The largest absolute Gasteiger partial charge is 0.379 e. The third-order valence-corrected chi connectivity index (χ3v) is 3.91. The smallest absolute Gasteiger partial charge is 0.0575 e. The first-order chi connectivity index (χ1) is 8.20. The Morgan fingerprint density at radius 2 is 2.18 bits per heavy atom. The first-order valence-corrected chi connectivity index (χ1v) is 6.79. The predicted molar refractivity (Wildman–Crippen MR) is 79.1 cm³/mol. The second-order valence-corrected chi connectivity index (χ2v) is 5.12. The molecule has 1 aromatic heterocycles. The topological polar surface area (TPSA) is 29.9 Å². The molecule has 0 aliphatic carbocycles.